The molecule has 0 aliphatic carbocycles. The number of halogens is 2. The van der Waals surface area contributed by atoms with E-state index in [0.717, 1.165) is 0 Å². The molecule has 1 fully saturated rings. The van der Waals surface area contributed by atoms with Crippen molar-refractivity contribution >= 4 is 21.4 Å². The van der Waals surface area contributed by atoms with Gasteiger partial charge in [0.2, 0.25) is 0 Å². The van der Waals surface area contributed by atoms with Crippen molar-refractivity contribution in [3.05, 3.63) is 36.4 Å². The monoisotopic (exact) mass is 438 g/mol. The fourth-order valence-corrected chi connectivity index (χ4v) is 3.65. The smallest absolute Gasteiger partial charge is 0.282 e. The molecule has 4 heterocycles. The molecule has 1 saturated heterocycles. The molecule has 0 bridgehead atoms. The molecule has 3 aromatic heterocycles. The zero-order valence-corrected chi connectivity index (χ0v) is 16.9. The number of nitrogens with zero attached hydrogens (tertiary/aromatic N) is 6. The van der Waals surface area contributed by atoms with E-state index in [1.807, 2.05) is 4.90 Å². The van der Waals surface area contributed by atoms with E-state index < -0.39 is 16.3 Å². The number of rotatable bonds is 6. The van der Waals surface area contributed by atoms with Gasteiger partial charge in [-0.25, -0.2) is 42.0 Å². The molecule has 0 radical (unpaired) electrons. The maximum Gasteiger partial charge on any atom is 0.282 e. The van der Waals surface area contributed by atoms with Crippen molar-refractivity contribution in [1.82, 2.24) is 29.3 Å². The van der Waals surface area contributed by atoms with E-state index in [1.54, 1.807) is 6.07 Å². The molecular formula is C17H20F2N8O2S. The van der Waals surface area contributed by atoms with Crippen LogP contribution in [0.2, 0.25) is 0 Å². The lowest BCUT2D eigenvalue weighted by molar-refractivity contribution is 0.0441. The van der Waals surface area contributed by atoms with Crippen LogP contribution in [-0.4, -0.2) is 67.4 Å². The Bertz CT molecular complexity index is 1150. The summed E-state index contributed by atoms with van der Waals surface area (Å²) in [5.41, 5.74) is 1.06. The lowest BCUT2D eigenvalue weighted by Crippen LogP contribution is -2.47. The van der Waals surface area contributed by atoms with E-state index >= 15 is 0 Å². The van der Waals surface area contributed by atoms with Crippen LogP contribution in [-0.2, 0) is 14.7 Å². The van der Waals surface area contributed by atoms with Gasteiger partial charge in [-0.3, -0.25) is 0 Å². The Kier molecular flexibility index (Phi) is 5.58. The van der Waals surface area contributed by atoms with E-state index in [2.05, 4.69) is 24.8 Å². The normalized spacial score (nSPS) is 19.3. The van der Waals surface area contributed by atoms with Gasteiger partial charge in [-0.2, -0.15) is 5.10 Å². The SMILES string of the molecule is CS(=N)(=O)NC[C@@H]1CN(c2cc(-c3cnc4ccc(C(F)F)nn34)ncn2)CCO1. The minimum atomic E-state index is -2.82. The Morgan fingerprint density at radius 1 is 1.37 bits per heavy atom. The second-order valence-corrected chi connectivity index (χ2v) is 8.84. The molecule has 2 atom stereocenters. The van der Waals surface area contributed by atoms with Gasteiger partial charge in [-0.15, -0.1) is 0 Å². The number of imidazole rings is 1. The van der Waals surface area contributed by atoms with Crippen LogP contribution in [0.25, 0.3) is 17.0 Å². The zero-order valence-electron chi connectivity index (χ0n) is 16.0. The van der Waals surface area contributed by atoms with Gasteiger partial charge in [0.1, 0.15) is 33.4 Å². The number of hydrogen-bond donors (Lipinski definition) is 2. The predicted octanol–water partition coefficient (Wildman–Crippen LogP) is 1.51. The Labute approximate surface area is 171 Å². The summed E-state index contributed by atoms with van der Waals surface area (Å²) >= 11 is 0. The van der Waals surface area contributed by atoms with E-state index in [9.17, 15) is 13.0 Å². The third kappa shape index (κ3) is 4.52. The maximum absolute atomic E-state index is 13.0. The Morgan fingerprint density at radius 3 is 2.97 bits per heavy atom. The van der Waals surface area contributed by atoms with Gasteiger partial charge in [0, 0.05) is 32.0 Å². The third-order valence-electron chi connectivity index (χ3n) is 4.57. The molecule has 2 N–H and O–H groups in total. The van der Waals surface area contributed by atoms with Crippen LogP contribution in [0.5, 0.6) is 0 Å². The minimum absolute atomic E-state index is 0.255. The van der Waals surface area contributed by atoms with Crippen molar-refractivity contribution in [2.24, 2.45) is 0 Å². The van der Waals surface area contributed by atoms with Crippen molar-refractivity contribution in [3.63, 3.8) is 0 Å². The minimum Gasteiger partial charge on any atom is -0.373 e. The van der Waals surface area contributed by atoms with Gasteiger partial charge in [0.05, 0.1) is 24.6 Å². The second kappa shape index (κ2) is 8.16. The highest BCUT2D eigenvalue weighted by Crippen LogP contribution is 2.24. The first-order chi connectivity index (χ1) is 14.3. The molecule has 160 valence electrons. The van der Waals surface area contributed by atoms with Gasteiger partial charge >= 0.3 is 0 Å². The molecule has 3 aromatic rings. The largest absolute Gasteiger partial charge is 0.373 e. The summed E-state index contributed by atoms with van der Waals surface area (Å²) in [4.78, 5) is 14.8. The number of nitrogens with one attached hydrogen (secondary N) is 2. The summed E-state index contributed by atoms with van der Waals surface area (Å²) in [6.07, 6.45) is 1.29. The van der Waals surface area contributed by atoms with Crippen LogP contribution in [0, 0.1) is 4.78 Å². The molecule has 1 unspecified atom stereocenters. The first kappa shape index (κ1) is 20.5. The molecule has 0 saturated carbocycles. The number of alkyl halides is 2. The topological polar surface area (TPSA) is 121 Å². The number of anilines is 1. The highest BCUT2D eigenvalue weighted by atomic mass is 32.2. The van der Waals surface area contributed by atoms with E-state index in [-0.39, 0.29) is 18.3 Å². The molecule has 1 aliphatic heterocycles. The molecule has 30 heavy (non-hydrogen) atoms. The molecule has 10 nitrogen and oxygen atoms in total. The van der Waals surface area contributed by atoms with E-state index in [0.29, 0.717) is 42.5 Å². The molecule has 0 amide bonds. The maximum atomic E-state index is 13.0. The van der Waals surface area contributed by atoms with Gasteiger partial charge in [0.25, 0.3) is 6.43 Å². The van der Waals surface area contributed by atoms with Crippen LogP contribution in [0.4, 0.5) is 14.6 Å². The van der Waals surface area contributed by atoms with Crippen molar-refractivity contribution < 1.29 is 17.7 Å². The van der Waals surface area contributed by atoms with Crippen molar-refractivity contribution in [2.45, 2.75) is 12.5 Å². The molecule has 4 rings (SSSR count). The number of fused-ring (bicyclic) bond motifs is 1. The van der Waals surface area contributed by atoms with Gasteiger partial charge in [-0.1, -0.05) is 0 Å². The van der Waals surface area contributed by atoms with Crippen molar-refractivity contribution in [2.75, 3.05) is 37.4 Å². The molecule has 13 heteroatoms. The first-order valence-electron chi connectivity index (χ1n) is 9.10. The summed E-state index contributed by atoms with van der Waals surface area (Å²) in [5.74, 6) is 0.636. The average molecular weight is 438 g/mol. The third-order valence-corrected chi connectivity index (χ3v) is 5.29. The second-order valence-electron chi connectivity index (χ2n) is 6.86. The number of aromatic nitrogens is 5. The quantitative estimate of drug-likeness (QED) is 0.598. The summed E-state index contributed by atoms with van der Waals surface area (Å²) in [6, 6.07) is 4.47. The van der Waals surface area contributed by atoms with Crippen LogP contribution < -0.4 is 9.62 Å². The molecular weight excluding hydrogens is 418 g/mol. The summed E-state index contributed by atoms with van der Waals surface area (Å²) < 4.78 is 54.7. The van der Waals surface area contributed by atoms with Crippen LogP contribution >= 0.6 is 0 Å². The van der Waals surface area contributed by atoms with Crippen LogP contribution in [0.3, 0.4) is 0 Å². The van der Waals surface area contributed by atoms with Gasteiger partial charge < -0.3 is 9.64 Å². The van der Waals surface area contributed by atoms with Gasteiger partial charge in [0.15, 0.2) is 5.65 Å². The van der Waals surface area contributed by atoms with Gasteiger partial charge in [-0.05, 0) is 12.1 Å². The lowest BCUT2D eigenvalue weighted by Gasteiger charge is -2.33. The summed E-state index contributed by atoms with van der Waals surface area (Å²) in [6.45, 7) is 1.81. The fraction of sp³-hybridized carbons (Fsp3) is 0.412. The number of hydrogen-bond acceptors (Lipinski definition) is 8. The predicted molar refractivity (Wildman–Crippen MR) is 106 cm³/mol. The lowest BCUT2D eigenvalue weighted by atomic mass is 10.2. The number of morpholine rings is 1. The van der Waals surface area contributed by atoms with E-state index in [4.69, 9.17) is 9.52 Å². The molecule has 0 aromatic carbocycles. The Morgan fingerprint density at radius 2 is 2.20 bits per heavy atom. The molecule has 1 aliphatic rings. The first-order valence-corrected chi connectivity index (χ1v) is 11.1. The van der Waals surface area contributed by atoms with Crippen LogP contribution in [0.1, 0.15) is 12.1 Å². The standard InChI is InChI=1S/C17H20F2N8O2S/c1-30(20,28)24-7-11-9-26(4-5-29-11)16-6-13(22-10-23-16)14-8-21-15-3-2-12(17(18)19)25-27(14)15/h2-3,6,8,10-11,17H,4-5,7,9H2,1H3,(H2,20,24,28)/t11-,30?/m1/s1. The number of ether oxygens (including phenoxy) is 1. The van der Waals surface area contributed by atoms with Crippen LogP contribution in [0.15, 0.2) is 30.7 Å². The summed E-state index contributed by atoms with van der Waals surface area (Å²) in [7, 11) is -2.82. The van der Waals surface area contributed by atoms with Crippen molar-refractivity contribution in [3.8, 4) is 11.4 Å². The summed E-state index contributed by atoms with van der Waals surface area (Å²) in [5, 5.41) is 3.97. The molecule has 0 spiro atoms. The van der Waals surface area contributed by atoms with E-state index in [1.165, 1.54) is 35.4 Å². The van der Waals surface area contributed by atoms with Crippen molar-refractivity contribution in [1.29, 1.82) is 4.78 Å². The Balaban J connectivity index is 1.59. The average Bonchev–Trinajstić information content (AvgIpc) is 3.15. The fourth-order valence-electron chi connectivity index (χ4n) is 3.14. The zero-order chi connectivity index (χ0) is 21.3. The highest BCUT2D eigenvalue weighted by molar-refractivity contribution is 7.89. The highest BCUT2D eigenvalue weighted by Gasteiger charge is 2.23. The Hall–Kier alpha value is -2.77.